The molecule has 3 aromatic carbocycles. The van der Waals surface area contributed by atoms with Crippen molar-refractivity contribution in [2.24, 2.45) is 5.92 Å². The fourth-order valence-electron chi connectivity index (χ4n) is 3.29. The molecule has 0 bridgehead atoms. The zero-order chi connectivity index (χ0) is 21.5. The van der Waals surface area contributed by atoms with E-state index in [-0.39, 0.29) is 17.7 Å². The summed E-state index contributed by atoms with van der Waals surface area (Å²) in [5.74, 6) is -0.520. The van der Waals surface area contributed by atoms with Gasteiger partial charge in [0.2, 0.25) is 5.91 Å². The summed E-state index contributed by atoms with van der Waals surface area (Å²) in [5, 5.41) is 5.91. The number of carbonyl (C=O) groups is 2. The Balaban J connectivity index is 1.74. The van der Waals surface area contributed by atoms with Crippen LogP contribution in [0.4, 0.5) is 5.69 Å². The van der Waals surface area contributed by atoms with Crippen molar-refractivity contribution < 1.29 is 9.59 Å². The van der Waals surface area contributed by atoms with E-state index in [1.54, 1.807) is 12.1 Å². The van der Waals surface area contributed by atoms with Crippen LogP contribution < -0.4 is 10.6 Å². The molecule has 4 heteroatoms. The Kier molecular flexibility index (Phi) is 7.02. The van der Waals surface area contributed by atoms with Crippen LogP contribution >= 0.6 is 0 Å². The van der Waals surface area contributed by atoms with Crippen molar-refractivity contribution in [1.29, 1.82) is 0 Å². The number of anilines is 1. The standard InChI is InChI=1S/C26H28N2O2/c1-18(2)24(28-25(29)21-15-13-19(3)14-16-21)26(30)27-23-12-8-7-11-22(23)17-20-9-5-4-6-10-20/h4-16,18,24H,17H2,1-3H3,(H,27,30)(H,28,29). The Hall–Kier alpha value is -3.40. The lowest BCUT2D eigenvalue weighted by molar-refractivity contribution is -0.118. The minimum absolute atomic E-state index is 0.0549. The van der Waals surface area contributed by atoms with Crippen LogP contribution in [0.25, 0.3) is 0 Å². The van der Waals surface area contributed by atoms with Crippen LogP contribution in [0.15, 0.2) is 78.9 Å². The Morgan fingerprint density at radius 1 is 0.833 bits per heavy atom. The fourth-order valence-corrected chi connectivity index (χ4v) is 3.29. The molecule has 3 aromatic rings. The van der Waals surface area contributed by atoms with Gasteiger partial charge in [-0.3, -0.25) is 9.59 Å². The normalized spacial score (nSPS) is 11.7. The molecular formula is C26H28N2O2. The lowest BCUT2D eigenvalue weighted by Crippen LogP contribution is -2.47. The van der Waals surface area contributed by atoms with Crippen molar-refractivity contribution in [3.05, 3.63) is 101 Å². The van der Waals surface area contributed by atoms with Gasteiger partial charge in [-0.15, -0.1) is 0 Å². The van der Waals surface area contributed by atoms with Gasteiger partial charge in [0.05, 0.1) is 0 Å². The number of benzene rings is 3. The van der Waals surface area contributed by atoms with Crippen LogP contribution in [0.1, 0.15) is 40.9 Å². The van der Waals surface area contributed by atoms with Crippen molar-refractivity contribution in [1.82, 2.24) is 5.32 Å². The topological polar surface area (TPSA) is 58.2 Å². The smallest absolute Gasteiger partial charge is 0.251 e. The predicted octanol–water partition coefficient (Wildman–Crippen LogP) is 4.98. The lowest BCUT2D eigenvalue weighted by Gasteiger charge is -2.22. The highest BCUT2D eigenvalue weighted by Crippen LogP contribution is 2.20. The molecule has 3 rings (SSSR count). The molecule has 2 N–H and O–H groups in total. The average Bonchev–Trinajstić information content (AvgIpc) is 2.74. The van der Waals surface area contributed by atoms with Gasteiger partial charge in [0.1, 0.15) is 6.04 Å². The lowest BCUT2D eigenvalue weighted by atomic mass is 10.0. The zero-order valence-electron chi connectivity index (χ0n) is 17.7. The number of amides is 2. The first kappa shape index (κ1) is 21.3. The number of hydrogen-bond donors (Lipinski definition) is 2. The van der Waals surface area contributed by atoms with Crippen LogP contribution in [0.3, 0.4) is 0 Å². The van der Waals surface area contributed by atoms with Crippen molar-refractivity contribution in [3.8, 4) is 0 Å². The van der Waals surface area contributed by atoms with Gasteiger partial charge in [0.25, 0.3) is 5.91 Å². The number of nitrogens with one attached hydrogen (secondary N) is 2. The maximum atomic E-state index is 13.1. The van der Waals surface area contributed by atoms with Gasteiger partial charge in [-0.1, -0.05) is 80.1 Å². The van der Waals surface area contributed by atoms with Crippen LogP contribution in [-0.4, -0.2) is 17.9 Å². The molecule has 154 valence electrons. The molecule has 0 fully saturated rings. The summed E-state index contributed by atoms with van der Waals surface area (Å²) >= 11 is 0. The molecule has 1 atom stereocenters. The summed E-state index contributed by atoms with van der Waals surface area (Å²) in [6.45, 7) is 5.82. The first-order valence-corrected chi connectivity index (χ1v) is 10.2. The van der Waals surface area contributed by atoms with E-state index in [4.69, 9.17) is 0 Å². The molecular weight excluding hydrogens is 372 g/mol. The number of carbonyl (C=O) groups excluding carboxylic acids is 2. The second kappa shape index (κ2) is 9.88. The van der Waals surface area contributed by atoms with Gasteiger partial charge in [0, 0.05) is 11.3 Å². The Morgan fingerprint density at radius 3 is 2.13 bits per heavy atom. The van der Waals surface area contributed by atoms with Crippen LogP contribution in [0.2, 0.25) is 0 Å². The minimum atomic E-state index is -0.636. The summed E-state index contributed by atoms with van der Waals surface area (Å²) in [4.78, 5) is 25.7. The summed E-state index contributed by atoms with van der Waals surface area (Å²) < 4.78 is 0. The first-order chi connectivity index (χ1) is 14.4. The van der Waals surface area contributed by atoms with E-state index in [1.807, 2.05) is 75.4 Å². The van der Waals surface area contributed by atoms with Gasteiger partial charge >= 0.3 is 0 Å². The van der Waals surface area contributed by atoms with E-state index in [0.717, 1.165) is 23.2 Å². The van der Waals surface area contributed by atoms with Crippen molar-refractivity contribution in [2.45, 2.75) is 33.2 Å². The summed E-state index contributed by atoms with van der Waals surface area (Å²) in [5.41, 5.74) is 4.60. The highest BCUT2D eigenvalue weighted by atomic mass is 16.2. The second-order valence-corrected chi connectivity index (χ2v) is 7.87. The highest BCUT2D eigenvalue weighted by Gasteiger charge is 2.25. The molecule has 0 aromatic heterocycles. The summed E-state index contributed by atoms with van der Waals surface area (Å²) in [6, 6.07) is 24.6. The van der Waals surface area contributed by atoms with Gasteiger partial charge in [-0.25, -0.2) is 0 Å². The van der Waals surface area contributed by atoms with Gasteiger partial charge in [0.15, 0.2) is 0 Å². The van der Waals surface area contributed by atoms with Crippen LogP contribution in [0, 0.1) is 12.8 Å². The van der Waals surface area contributed by atoms with Crippen molar-refractivity contribution >= 4 is 17.5 Å². The third kappa shape index (κ3) is 5.57. The third-order valence-corrected chi connectivity index (χ3v) is 5.06. The molecule has 0 heterocycles. The van der Waals surface area contributed by atoms with Gasteiger partial charge in [-0.2, -0.15) is 0 Å². The largest absolute Gasteiger partial charge is 0.340 e. The van der Waals surface area contributed by atoms with E-state index in [2.05, 4.69) is 22.8 Å². The van der Waals surface area contributed by atoms with Crippen molar-refractivity contribution in [3.63, 3.8) is 0 Å². The number of rotatable bonds is 7. The second-order valence-electron chi connectivity index (χ2n) is 7.87. The monoisotopic (exact) mass is 400 g/mol. The van der Waals surface area contributed by atoms with E-state index < -0.39 is 6.04 Å². The predicted molar refractivity (Wildman–Crippen MR) is 122 cm³/mol. The Morgan fingerprint density at radius 2 is 1.47 bits per heavy atom. The highest BCUT2D eigenvalue weighted by molar-refractivity contribution is 6.01. The van der Waals surface area contributed by atoms with Crippen LogP contribution in [-0.2, 0) is 11.2 Å². The SMILES string of the molecule is Cc1ccc(C(=O)NC(C(=O)Nc2ccccc2Cc2ccccc2)C(C)C)cc1. The molecule has 0 saturated carbocycles. The van der Waals surface area contributed by atoms with Crippen LogP contribution in [0.5, 0.6) is 0 Å². The quantitative estimate of drug-likeness (QED) is 0.588. The number of hydrogen-bond acceptors (Lipinski definition) is 2. The Labute approximate surface area is 178 Å². The van der Waals surface area contributed by atoms with E-state index in [9.17, 15) is 9.59 Å². The summed E-state index contributed by atoms with van der Waals surface area (Å²) in [7, 11) is 0. The molecule has 2 amide bonds. The zero-order valence-corrected chi connectivity index (χ0v) is 17.7. The minimum Gasteiger partial charge on any atom is -0.340 e. The summed E-state index contributed by atoms with van der Waals surface area (Å²) in [6.07, 6.45) is 0.722. The molecule has 0 spiro atoms. The fraction of sp³-hybridized carbons (Fsp3) is 0.231. The first-order valence-electron chi connectivity index (χ1n) is 10.2. The van der Waals surface area contributed by atoms with Crippen molar-refractivity contribution in [2.75, 3.05) is 5.32 Å². The molecule has 0 aliphatic carbocycles. The molecule has 1 unspecified atom stereocenters. The number of aryl methyl sites for hydroxylation is 1. The molecule has 0 saturated heterocycles. The molecule has 0 radical (unpaired) electrons. The average molecular weight is 401 g/mol. The Bertz CT molecular complexity index is 995. The third-order valence-electron chi connectivity index (χ3n) is 5.06. The molecule has 0 aliphatic heterocycles. The number of para-hydroxylation sites is 1. The molecule has 4 nitrogen and oxygen atoms in total. The molecule has 0 aliphatic rings. The van der Waals surface area contributed by atoms with Gasteiger partial charge < -0.3 is 10.6 Å². The van der Waals surface area contributed by atoms with E-state index in [1.165, 1.54) is 5.56 Å². The van der Waals surface area contributed by atoms with E-state index in [0.29, 0.717) is 5.56 Å². The molecule has 30 heavy (non-hydrogen) atoms. The maximum Gasteiger partial charge on any atom is 0.251 e. The van der Waals surface area contributed by atoms with Gasteiger partial charge in [-0.05, 0) is 48.6 Å². The maximum absolute atomic E-state index is 13.1. The van der Waals surface area contributed by atoms with E-state index >= 15 is 0 Å².